The maximum absolute atomic E-state index is 14.1. The van der Waals surface area contributed by atoms with E-state index in [1.54, 1.807) is 12.1 Å². The molecule has 0 fully saturated rings. The van der Waals surface area contributed by atoms with E-state index in [0.29, 0.717) is 17.1 Å². The lowest BCUT2D eigenvalue weighted by Gasteiger charge is -2.18. The summed E-state index contributed by atoms with van der Waals surface area (Å²) in [6, 6.07) is 27.6. The monoisotopic (exact) mass is 496 g/mol. The highest BCUT2D eigenvalue weighted by molar-refractivity contribution is 5.95. The van der Waals surface area contributed by atoms with Gasteiger partial charge in [0.05, 0.1) is 31.5 Å². The number of ether oxygens (including phenoxy) is 3. The van der Waals surface area contributed by atoms with Gasteiger partial charge in [-0.05, 0) is 17.7 Å². The van der Waals surface area contributed by atoms with Gasteiger partial charge >= 0.3 is 11.9 Å². The lowest BCUT2D eigenvalue weighted by Crippen LogP contribution is -2.27. The van der Waals surface area contributed by atoms with Gasteiger partial charge in [-0.1, -0.05) is 78.9 Å². The Kier molecular flexibility index (Phi) is 7.90. The Morgan fingerprint density at radius 1 is 0.838 bits per heavy atom. The standard InChI is InChI=1S/C29H24N2O6/c1-35-25(32)19-24(29(34)36-2)37-27-23(18-20-12-6-3-7-13-20)28(33)31(22-16-10-5-11-17-22)26(30-27)21-14-8-4-9-15-21/h3-17,19H,18H2,1-2H3/b24-19+. The number of esters is 2. The molecule has 0 amide bonds. The number of hydrogen-bond acceptors (Lipinski definition) is 7. The van der Waals surface area contributed by atoms with Crippen LogP contribution in [0.25, 0.3) is 17.1 Å². The largest absolute Gasteiger partial charge is 0.466 e. The molecular formula is C29H24N2O6. The predicted octanol–water partition coefficient (Wildman–Crippen LogP) is 4.10. The van der Waals surface area contributed by atoms with Crippen molar-refractivity contribution in [2.24, 2.45) is 0 Å². The zero-order valence-corrected chi connectivity index (χ0v) is 20.3. The van der Waals surface area contributed by atoms with Crippen molar-refractivity contribution in [2.45, 2.75) is 6.42 Å². The summed E-state index contributed by atoms with van der Waals surface area (Å²) >= 11 is 0. The first-order valence-electron chi connectivity index (χ1n) is 11.4. The third-order valence-electron chi connectivity index (χ3n) is 5.45. The van der Waals surface area contributed by atoms with E-state index in [-0.39, 0.29) is 23.4 Å². The highest BCUT2D eigenvalue weighted by atomic mass is 16.6. The first-order chi connectivity index (χ1) is 18.0. The van der Waals surface area contributed by atoms with E-state index in [1.807, 2.05) is 78.9 Å². The van der Waals surface area contributed by atoms with Crippen LogP contribution in [0.15, 0.2) is 108 Å². The van der Waals surface area contributed by atoms with Crippen molar-refractivity contribution in [3.8, 4) is 23.0 Å². The van der Waals surface area contributed by atoms with Gasteiger partial charge in [0.25, 0.3) is 5.56 Å². The SMILES string of the molecule is COC(=O)/C=C(/Oc1nc(-c2ccccc2)n(-c2ccccc2)c(=O)c1Cc1ccccc1)C(=O)OC. The second-order valence-corrected chi connectivity index (χ2v) is 7.85. The van der Waals surface area contributed by atoms with E-state index in [1.165, 1.54) is 11.7 Å². The molecule has 186 valence electrons. The highest BCUT2D eigenvalue weighted by Crippen LogP contribution is 2.26. The molecule has 1 aromatic heterocycles. The molecule has 0 N–H and O–H groups in total. The maximum atomic E-state index is 14.1. The molecule has 0 saturated heterocycles. The van der Waals surface area contributed by atoms with Crippen molar-refractivity contribution in [3.63, 3.8) is 0 Å². The molecule has 4 rings (SSSR count). The van der Waals surface area contributed by atoms with Crippen molar-refractivity contribution in [1.29, 1.82) is 0 Å². The van der Waals surface area contributed by atoms with Gasteiger partial charge in [0.15, 0.2) is 5.82 Å². The van der Waals surface area contributed by atoms with Crippen molar-refractivity contribution < 1.29 is 23.8 Å². The summed E-state index contributed by atoms with van der Waals surface area (Å²) in [7, 11) is 2.32. The Hall–Kier alpha value is -4.98. The molecule has 0 aliphatic carbocycles. The van der Waals surface area contributed by atoms with Gasteiger partial charge in [-0.15, -0.1) is 0 Å². The van der Waals surface area contributed by atoms with Crippen LogP contribution in [0.4, 0.5) is 0 Å². The summed E-state index contributed by atoms with van der Waals surface area (Å²) in [6.07, 6.45) is 1.02. The summed E-state index contributed by atoms with van der Waals surface area (Å²) in [5.41, 5.74) is 1.89. The quantitative estimate of drug-likeness (QED) is 0.206. The Morgan fingerprint density at radius 3 is 2.03 bits per heavy atom. The molecule has 0 aliphatic rings. The number of carbonyl (C=O) groups excluding carboxylic acids is 2. The Morgan fingerprint density at radius 2 is 1.43 bits per heavy atom. The van der Waals surface area contributed by atoms with E-state index in [0.717, 1.165) is 18.7 Å². The molecule has 0 saturated carbocycles. The van der Waals surface area contributed by atoms with Crippen molar-refractivity contribution in [2.75, 3.05) is 14.2 Å². The molecule has 0 atom stereocenters. The fourth-order valence-electron chi connectivity index (χ4n) is 3.67. The summed E-state index contributed by atoms with van der Waals surface area (Å²) in [5, 5.41) is 0. The first kappa shape index (κ1) is 25.1. The fourth-order valence-corrected chi connectivity index (χ4v) is 3.67. The van der Waals surface area contributed by atoms with E-state index >= 15 is 0 Å². The summed E-state index contributed by atoms with van der Waals surface area (Å²) in [6.45, 7) is 0. The molecular weight excluding hydrogens is 472 g/mol. The smallest absolute Gasteiger partial charge is 0.374 e. The topological polar surface area (TPSA) is 96.7 Å². The molecule has 0 radical (unpaired) electrons. The minimum absolute atomic E-state index is 0.125. The van der Waals surface area contributed by atoms with Crippen LogP contribution in [0.2, 0.25) is 0 Å². The third kappa shape index (κ3) is 5.82. The summed E-state index contributed by atoms with van der Waals surface area (Å²) < 4.78 is 16.8. The van der Waals surface area contributed by atoms with Gasteiger partial charge in [0.1, 0.15) is 0 Å². The summed E-state index contributed by atoms with van der Waals surface area (Å²) in [4.78, 5) is 43.2. The Bertz CT molecular complexity index is 1480. The number of hydrogen-bond donors (Lipinski definition) is 0. The van der Waals surface area contributed by atoms with Gasteiger partial charge in [-0.3, -0.25) is 9.36 Å². The van der Waals surface area contributed by atoms with Crippen LogP contribution < -0.4 is 10.3 Å². The lowest BCUT2D eigenvalue weighted by atomic mass is 10.1. The molecule has 0 spiro atoms. The number of rotatable bonds is 8. The predicted molar refractivity (Wildman–Crippen MR) is 137 cm³/mol. The minimum Gasteiger partial charge on any atom is -0.466 e. The molecule has 0 bridgehead atoms. The number of carbonyl (C=O) groups is 2. The lowest BCUT2D eigenvalue weighted by molar-refractivity contribution is -0.140. The minimum atomic E-state index is -0.925. The van der Waals surface area contributed by atoms with Gasteiger partial charge in [-0.25, -0.2) is 9.59 Å². The molecule has 1 heterocycles. The number of methoxy groups -OCH3 is 2. The second kappa shape index (κ2) is 11.6. The van der Waals surface area contributed by atoms with Crippen LogP contribution in [0, 0.1) is 0 Å². The van der Waals surface area contributed by atoms with Crippen molar-refractivity contribution in [3.05, 3.63) is 124 Å². The van der Waals surface area contributed by atoms with Crippen LogP contribution in [-0.4, -0.2) is 35.7 Å². The van der Waals surface area contributed by atoms with Crippen LogP contribution in [0.1, 0.15) is 11.1 Å². The van der Waals surface area contributed by atoms with Gasteiger partial charge in [0, 0.05) is 12.0 Å². The van der Waals surface area contributed by atoms with Crippen LogP contribution in [-0.2, 0) is 25.5 Å². The summed E-state index contributed by atoms with van der Waals surface area (Å²) in [5.74, 6) is -2.05. The Labute approximate surface area is 213 Å². The van der Waals surface area contributed by atoms with E-state index < -0.39 is 17.7 Å². The first-order valence-corrected chi connectivity index (χ1v) is 11.4. The van der Waals surface area contributed by atoms with Gasteiger partial charge in [-0.2, -0.15) is 4.98 Å². The maximum Gasteiger partial charge on any atom is 0.374 e. The zero-order chi connectivity index (χ0) is 26.2. The second-order valence-electron chi connectivity index (χ2n) is 7.85. The van der Waals surface area contributed by atoms with Crippen LogP contribution in [0.3, 0.4) is 0 Å². The number of aromatic nitrogens is 2. The molecule has 8 heteroatoms. The van der Waals surface area contributed by atoms with Gasteiger partial charge < -0.3 is 14.2 Å². The van der Waals surface area contributed by atoms with E-state index in [9.17, 15) is 14.4 Å². The molecule has 0 unspecified atom stereocenters. The number of nitrogens with zero attached hydrogens (tertiary/aromatic N) is 2. The van der Waals surface area contributed by atoms with E-state index in [2.05, 4.69) is 4.74 Å². The number of para-hydroxylation sites is 1. The van der Waals surface area contributed by atoms with Crippen molar-refractivity contribution in [1.82, 2.24) is 9.55 Å². The van der Waals surface area contributed by atoms with Crippen LogP contribution >= 0.6 is 0 Å². The third-order valence-corrected chi connectivity index (χ3v) is 5.45. The molecule has 0 aliphatic heterocycles. The average Bonchev–Trinajstić information content (AvgIpc) is 2.95. The Balaban J connectivity index is 2.00. The normalized spacial score (nSPS) is 11.0. The van der Waals surface area contributed by atoms with Crippen molar-refractivity contribution >= 4 is 11.9 Å². The molecule has 3 aromatic carbocycles. The van der Waals surface area contributed by atoms with E-state index in [4.69, 9.17) is 14.5 Å². The molecule has 37 heavy (non-hydrogen) atoms. The highest BCUT2D eigenvalue weighted by Gasteiger charge is 2.24. The fraction of sp³-hybridized carbons (Fsp3) is 0.103. The molecule has 8 nitrogen and oxygen atoms in total. The van der Waals surface area contributed by atoms with Crippen LogP contribution in [0.5, 0.6) is 5.88 Å². The van der Waals surface area contributed by atoms with Gasteiger partial charge in [0.2, 0.25) is 11.6 Å². The number of benzene rings is 3. The average molecular weight is 497 g/mol. The zero-order valence-electron chi connectivity index (χ0n) is 20.3. The molecule has 4 aromatic rings.